The first-order valence-corrected chi connectivity index (χ1v) is 7.62. The third-order valence-electron chi connectivity index (χ3n) is 3.99. The van der Waals surface area contributed by atoms with Crippen molar-refractivity contribution < 1.29 is 14.7 Å². The zero-order chi connectivity index (χ0) is 15.4. The molecule has 0 radical (unpaired) electrons. The van der Waals surface area contributed by atoms with Crippen LogP contribution < -0.4 is 0 Å². The number of benzene rings is 1. The number of carbonyl (C=O) groups is 2. The second-order valence-electron chi connectivity index (χ2n) is 5.66. The van der Waals surface area contributed by atoms with Crippen molar-refractivity contribution in [3.8, 4) is 0 Å². The Hall–Kier alpha value is -1.55. The van der Waals surface area contributed by atoms with Crippen LogP contribution in [0.1, 0.15) is 25.3 Å². The predicted octanol–water partition coefficient (Wildman–Crippen LogP) is 2.84. The molecule has 1 unspecified atom stereocenters. The molecule has 1 aromatic carbocycles. The van der Waals surface area contributed by atoms with Crippen LogP contribution in [0.15, 0.2) is 24.3 Å². The van der Waals surface area contributed by atoms with Crippen molar-refractivity contribution in [3.05, 3.63) is 34.9 Å². The lowest BCUT2D eigenvalue weighted by molar-refractivity contribution is -0.146. The van der Waals surface area contributed by atoms with Gasteiger partial charge in [0, 0.05) is 24.0 Å². The Kier molecular flexibility index (Phi) is 5.23. The van der Waals surface area contributed by atoms with Gasteiger partial charge in [0.05, 0.1) is 5.92 Å². The van der Waals surface area contributed by atoms with Crippen molar-refractivity contribution in [2.24, 2.45) is 11.8 Å². The second kappa shape index (κ2) is 6.94. The number of carboxylic acids is 1. The number of carbonyl (C=O) groups excluding carboxylic acids is 1. The van der Waals surface area contributed by atoms with E-state index in [4.69, 9.17) is 16.7 Å². The molecule has 0 aromatic heterocycles. The predicted molar refractivity (Wildman–Crippen MR) is 81.3 cm³/mol. The van der Waals surface area contributed by atoms with Gasteiger partial charge in [0.1, 0.15) is 0 Å². The van der Waals surface area contributed by atoms with E-state index >= 15 is 0 Å². The third kappa shape index (κ3) is 3.97. The van der Waals surface area contributed by atoms with Crippen molar-refractivity contribution in [2.45, 2.75) is 26.2 Å². The first-order valence-electron chi connectivity index (χ1n) is 7.24. The summed E-state index contributed by atoms with van der Waals surface area (Å²) in [7, 11) is 0. The molecule has 2 atom stereocenters. The first kappa shape index (κ1) is 15.8. The lowest BCUT2D eigenvalue weighted by atomic mass is 9.95. The number of amides is 1. The normalized spacial score (nSPS) is 20.1. The fourth-order valence-corrected chi connectivity index (χ4v) is 2.98. The molecule has 1 aliphatic heterocycles. The summed E-state index contributed by atoms with van der Waals surface area (Å²) in [4.78, 5) is 25.2. The number of halogens is 1. The molecule has 5 heteroatoms. The SMILES string of the molecule is CC(Cc1ccccc1Cl)C(=O)N1CCC[C@H](C(=O)O)C1. The van der Waals surface area contributed by atoms with Crippen LogP contribution in [-0.2, 0) is 16.0 Å². The van der Waals surface area contributed by atoms with Crippen LogP contribution >= 0.6 is 11.6 Å². The van der Waals surface area contributed by atoms with E-state index in [9.17, 15) is 9.59 Å². The number of piperidine rings is 1. The number of likely N-dealkylation sites (tertiary alicyclic amines) is 1. The molecule has 114 valence electrons. The summed E-state index contributed by atoms with van der Waals surface area (Å²) >= 11 is 6.12. The van der Waals surface area contributed by atoms with Crippen LogP contribution in [-0.4, -0.2) is 35.0 Å². The average molecular weight is 310 g/mol. The van der Waals surface area contributed by atoms with Crippen LogP contribution in [0.5, 0.6) is 0 Å². The molecule has 21 heavy (non-hydrogen) atoms. The van der Waals surface area contributed by atoms with E-state index in [-0.39, 0.29) is 11.8 Å². The van der Waals surface area contributed by atoms with Gasteiger partial charge in [-0.1, -0.05) is 36.7 Å². The maximum Gasteiger partial charge on any atom is 0.308 e. The van der Waals surface area contributed by atoms with Gasteiger partial charge < -0.3 is 10.0 Å². The third-order valence-corrected chi connectivity index (χ3v) is 4.36. The summed E-state index contributed by atoms with van der Waals surface area (Å²) in [6, 6.07) is 7.50. The number of hydrogen-bond donors (Lipinski definition) is 1. The van der Waals surface area contributed by atoms with Crippen LogP contribution in [0.25, 0.3) is 0 Å². The lowest BCUT2D eigenvalue weighted by Gasteiger charge is -2.32. The van der Waals surface area contributed by atoms with Gasteiger partial charge in [-0.25, -0.2) is 0 Å². The number of hydrogen-bond acceptors (Lipinski definition) is 2. The van der Waals surface area contributed by atoms with Crippen LogP contribution in [0.3, 0.4) is 0 Å². The monoisotopic (exact) mass is 309 g/mol. The van der Waals surface area contributed by atoms with Crippen LogP contribution in [0.2, 0.25) is 5.02 Å². The molecule has 4 nitrogen and oxygen atoms in total. The van der Waals surface area contributed by atoms with Crippen molar-refractivity contribution >= 4 is 23.5 Å². The maximum atomic E-state index is 12.5. The zero-order valence-corrected chi connectivity index (χ0v) is 12.8. The Labute approximate surface area is 129 Å². The van der Waals surface area contributed by atoms with Gasteiger partial charge in [-0.05, 0) is 30.9 Å². The molecule has 0 aliphatic carbocycles. The summed E-state index contributed by atoms with van der Waals surface area (Å²) in [6.45, 7) is 2.84. The van der Waals surface area contributed by atoms with Crippen molar-refractivity contribution in [2.75, 3.05) is 13.1 Å². The van der Waals surface area contributed by atoms with Gasteiger partial charge in [-0.15, -0.1) is 0 Å². The first-order chi connectivity index (χ1) is 9.99. The van der Waals surface area contributed by atoms with Gasteiger partial charge in [0.15, 0.2) is 0 Å². The Morgan fingerprint density at radius 1 is 1.43 bits per heavy atom. The van der Waals surface area contributed by atoms with Crippen molar-refractivity contribution in [1.82, 2.24) is 4.90 Å². The number of nitrogens with zero attached hydrogens (tertiary/aromatic N) is 1. The highest BCUT2D eigenvalue weighted by molar-refractivity contribution is 6.31. The van der Waals surface area contributed by atoms with Crippen LogP contribution in [0.4, 0.5) is 0 Å². The number of carboxylic acid groups (broad SMARTS) is 1. The Bertz CT molecular complexity index is 532. The number of aliphatic carboxylic acids is 1. The molecule has 1 N–H and O–H groups in total. The second-order valence-corrected chi connectivity index (χ2v) is 6.07. The molecule has 1 aromatic rings. The van der Waals surface area contributed by atoms with E-state index < -0.39 is 11.9 Å². The van der Waals surface area contributed by atoms with Gasteiger partial charge in [0.25, 0.3) is 0 Å². The van der Waals surface area contributed by atoms with E-state index in [0.29, 0.717) is 31.0 Å². The summed E-state index contributed by atoms with van der Waals surface area (Å²) in [5, 5.41) is 9.76. The highest BCUT2D eigenvalue weighted by Gasteiger charge is 2.30. The molecular formula is C16H20ClNO3. The summed E-state index contributed by atoms with van der Waals surface area (Å²) in [6.07, 6.45) is 1.98. The summed E-state index contributed by atoms with van der Waals surface area (Å²) in [5.41, 5.74) is 0.951. The fraction of sp³-hybridized carbons (Fsp3) is 0.500. The van der Waals surface area contributed by atoms with Gasteiger partial charge in [-0.2, -0.15) is 0 Å². The Morgan fingerprint density at radius 2 is 2.14 bits per heavy atom. The molecule has 0 saturated carbocycles. The van der Waals surface area contributed by atoms with E-state index in [1.165, 1.54) is 0 Å². The van der Waals surface area contributed by atoms with Crippen molar-refractivity contribution in [1.29, 1.82) is 0 Å². The standard InChI is InChI=1S/C16H20ClNO3/c1-11(9-12-5-2-3-7-14(12)17)15(19)18-8-4-6-13(10-18)16(20)21/h2-3,5,7,11,13H,4,6,8-10H2,1H3,(H,20,21)/t11?,13-/m0/s1. The molecule has 1 heterocycles. The van der Waals surface area contributed by atoms with Gasteiger partial charge >= 0.3 is 5.97 Å². The maximum absolute atomic E-state index is 12.5. The lowest BCUT2D eigenvalue weighted by Crippen LogP contribution is -2.44. The topological polar surface area (TPSA) is 57.6 Å². The van der Waals surface area contributed by atoms with Crippen LogP contribution in [0, 0.1) is 11.8 Å². The largest absolute Gasteiger partial charge is 0.481 e. The van der Waals surface area contributed by atoms with Gasteiger partial charge in [0.2, 0.25) is 5.91 Å². The minimum absolute atomic E-state index is 0.0147. The van der Waals surface area contributed by atoms with E-state index in [1.54, 1.807) is 4.90 Å². The summed E-state index contributed by atoms with van der Waals surface area (Å²) in [5.74, 6) is -1.43. The quantitative estimate of drug-likeness (QED) is 0.930. The molecule has 1 amide bonds. The summed E-state index contributed by atoms with van der Waals surface area (Å²) < 4.78 is 0. The smallest absolute Gasteiger partial charge is 0.308 e. The molecule has 1 saturated heterocycles. The molecule has 1 aliphatic rings. The molecular weight excluding hydrogens is 290 g/mol. The highest BCUT2D eigenvalue weighted by Crippen LogP contribution is 2.22. The number of rotatable bonds is 4. The Morgan fingerprint density at radius 3 is 2.81 bits per heavy atom. The molecule has 2 rings (SSSR count). The van der Waals surface area contributed by atoms with Crippen molar-refractivity contribution in [3.63, 3.8) is 0 Å². The van der Waals surface area contributed by atoms with E-state index in [1.807, 2.05) is 31.2 Å². The zero-order valence-electron chi connectivity index (χ0n) is 12.1. The molecule has 0 bridgehead atoms. The molecule has 1 fully saturated rings. The minimum Gasteiger partial charge on any atom is -0.481 e. The van der Waals surface area contributed by atoms with E-state index in [0.717, 1.165) is 12.0 Å². The average Bonchev–Trinajstić information content (AvgIpc) is 2.49. The minimum atomic E-state index is -0.814. The van der Waals surface area contributed by atoms with E-state index in [2.05, 4.69) is 0 Å². The molecule has 0 spiro atoms. The fourth-order valence-electron chi connectivity index (χ4n) is 2.77. The highest BCUT2D eigenvalue weighted by atomic mass is 35.5. The van der Waals surface area contributed by atoms with Gasteiger partial charge in [-0.3, -0.25) is 9.59 Å². The Balaban J connectivity index is 1.99.